The lowest BCUT2D eigenvalue weighted by Crippen LogP contribution is -2.05. The number of hydrogen-bond acceptors (Lipinski definition) is 2. The van der Waals surface area contributed by atoms with E-state index in [4.69, 9.17) is 4.74 Å². The lowest BCUT2D eigenvalue weighted by molar-refractivity contribution is -0.136. The molecule has 0 radical (unpaired) electrons. The Morgan fingerprint density at radius 1 is 0.800 bits per heavy atom. The average molecular weight is 462 g/mol. The minimum atomic E-state index is -0.825. The average Bonchev–Trinajstić information content (AvgIpc) is 3.14. The van der Waals surface area contributed by atoms with Crippen LogP contribution < -0.4 is 4.74 Å². The Bertz CT molecular complexity index is 1470. The van der Waals surface area contributed by atoms with E-state index in [9.17, 15) is 9.90 Å². The van der Waals surface area contributed by atoms with Crippen molar-refractivity contribution in [3.63, 3.8) is 0 Å². The third kappa shape index (κ3) is 4.97. The van der Waals surface area contributed by atoms with Crippen LogP contribution in [0.3, 0.4) is 0 Å². The maximum atomic E-state index is 11.7. The van der Waals surface area contributed by atoms with E-state index >= 15 is 0 Å². The Balaban J connectivity index is 1.48. The van der Waals surface area contributed by atoms with Crippen LogP contribution in [0.2, 0.25) is 0 Å². The molecule has 4 heteroatoms. The van der Waals surface area contributed by atoms with Gasteiger partial charge < -0.3 is 14.4 Å². The van der Waals surface area contributed by atoms with Crippen molar-refractivity contribution in [1.82, 2.24) is 4.57 Å². The Kier molecular flexibility index (Phi) is 6.36. The highest BCUT2D eigenvalue weighted by Crippen LogP contribution is 2.32. The number of carboxylic acid groups (broad SMARTS) is 1. The Hall–Kier alpha value is -4.31. The fraction of sp³-hybridized carbons (Fsp3) is 0.129. The van der Waals surface area contributed by atoms with Crippen LogP contribution in [0.4, 0.5) is 0 Å². The van der Waals surface area contributed by atoms with E-state index in [1.54, 1.807) is 0 Å². The number of aromatic nitrogens is 1. The first-order valence-electron chi connectivity index (χ1n) is 11.7. The van der Waals surface area contributed by atoms with Crippen LogP contribution in [0.1, 0.15) is 22.4 Å². The van der Waals surface area contributed by atoms with E-state index in [0.717, 1.165) is 50.2 Å². The quantitative estimate of drug-likeness (QED) is 0.274. The van der Waals surface area contributed by atoms with Crippen molar-refractivity contribution in [1.29, 1.82) is 0 Å². The highest BCUT2D eigenvalue weighted by Gasteiger charge is 2.17. The smallest absolute Gasteiger partial charge is 0.307 e. The monoisotopic (exact) mass is 461 g/mol. The minimum Gasteiger partial charge on any atom is -0.489 e. The molecule has 5 aromatic rings. The number of rotatable bonds is 8. The van der Waals surface area contributed by atoms with Crippen molar-refractivity contribution in [3.05, 3.63) is 126 Å². The lowest BCUT2D eigenvalue weighted by Gasteiger charge is -2.12. The highest BCUT2D eigenvalue weighted by atomic mass is 16.5. The summed E-state index contributed by atoms with van der Waals surface area (Å²) in [6.07, 6.45) is -0.00615. The Labute approximate surface area is 205 Å². The molecule has 0 aliphatic rings. The van der Waals surface area contributed by atoms with Crippen molar-refractivity contribution in [2.75, 3.05) is 0 Å². The molecule has 0 bridgehead atoms. The van der Waals surface area contributed by atoms with Crippen molar-refractivity contribution in [3.8, 4) is 16.9 Å². The van der Waals surface area contributed by atoms with Gasteiger partial charge in [0.1, 0.15) is 12.4 Å². The molecule has 0 unspecified atom stereocenters. The first kappa shape index (κ1) is 22.5. The van der Waals surface area contributed by atoms with Gasteiger partial charge in [-0.3, -0.25) is 4.79 Å². The first-order chi connectivity index (χ1) is 17.1. The van der Waals surface area contributed by atoms with E-state index in [-0.39, 0.29) is 6.42 Å². The summed E-state index contributed by atoms with van der Waals surface area (Å²) in [6.45, 7) is 3.16. The third-order valence-electron chi connectivity index (χ3n) is 6.38. The maximum absolute atomic E-state index is 11.7. The molecule has 0 spiro atoms. The lowest BCUT2D eigenvalue weighted by atomic mass is 10.0. The fourth-order valence-electron chi connectivity index (χ4n) is 4.60. The van der Waals surface area contributed by atoms with Crippen LogP contribution in [0, 0.1) is 6.92 Å². The first-order valence-corrected chi connectivity index (χ1v) is 11.7. The van der Waals surface area contributed by atoms with Gasteiger partial charge in [0, 0.05) is 23.1 Å². The van der Waals surface area contributed by atoms with E-state index in [0.29, 0.717) is 13.2 Å². The number of aliphatic carboxylic acids is 1. The maximum Gasteiger partial charge on any atom is 0.307 e. The number of carboxylic acids is 1. The molecule has 4 aromatic carbocycles. The van der Waals surface area contributed by atoms with Crippen molar-refractivity contribution in [2.24, 2.45) is 0 Å². The summed E-state index contributed by atoms with van der Waals surface area (Å²) >= 11 is 0. The molecule has 1 heterocycles. The summed E-state index contributed by atoms with van der Waals surface area (Å²) in [5.41, 5.74) is 7.30. The number of ether oxygens (including phenoxy) is 1. The van der Waals surface area contributed by atoms with Gasteiger partial charge >= 0.3 is 5.97 Å². The number of nitrogens with zero attached hydrogens (tertiary/aromatic N) is 1. The van der Waals surface area contributed by atoms with Gasteiger partial charge in [0.15, 0.2) is 0 Å². The standard InChI is InChI=1S/C31H27NO3/c1-22-28(19-31(33)34)29-18-26(25-12-6-3-7-13-25)15-16-30(29)32(22)20-24-11-8-14-27(17-24)35-21-23-9-4-2-5-10-23/h2-18H,19-21H2,1H3,(H,33,34). The van der Waals surface area contributed by atoms with Gasteiger partial charge in [-0.1, -0.05) is 78.9 Å². The van der Waals surface area contributed by atoms with Gasteiger partial charge in [-0.05, 0) is 59.0 Å². The largest absolute Gasteiger partial charge is 0.489 e. The zero-order chi connectivity index (χ0) is 24.2. The summed E-state index contributed by atoms with van der Waals surface area (Å²) in [6, 6.07) is 34.7. The third-order valence-corrected chi connectivity index (χ3v) is 6.38. The summed E-state index contributed by atoms with van der Waals surface area (Å²) in [5, 5.41) is 10.6. The van der Waals surface area contributed by atoms with Gasteiger partial charge in [0.2, 0.25) is 0 Å². The molecule has 0 aliphatic carbocycles. The number of fused-ring (bicyclic) bond motifs is 1. The van der Waals surface area contributed by atoms with E-state index in [1.165, 1.54) is 0 Å². The molecular weight excluding hydrogens is 434 g/mol. The molecule has 174 valence electrons. The summed E-state index contributed by atoms with van der Waals surface area (Å²) < 4.78 is 8.23. The molecule has 1 aromatic heterocycles. The predicted octanol–water partition coefficient (Wildman–Crippen LogP) is 6.87. The summed E-state index contributed by atoms with van der Waals surface area (Å²) in [4.78, 5) is 11.7. The summed E-state index contributed by atoms with van der Waals surface area (Å²) in [5.74, 6) is -0.00818. The predicted molar refractivity (Wildman–Crippen MR) is 140 cm³/mol. The van der Waals surface area contributed by atoms with Gasteiger partial charge in [-0.15, -0.1) is 0 Å². The number of carbonyl (C=O) groups is 1. The van der Waals surface area contributed by atoms with Gasteiger partial charge in [-0.2, -0.15) is 0 Å². The molecule has 1 N–H and O–H groups in total. The molecule has 0 saturated carbocycles. The Morgan fingerprint density at radius 2 is 1.51 bits per heavy atom. The fourth-order valence-corrected chi connectivity index (χ4v) is 4.60. The second-order valence-corrected chi connectivity index (χ2v) is 8.74. The zero-order valence-electron chi connectivity index (χ0n) is 19.6. The van der Waals surface area contributed by atoms with Gasteiger partial charge in [0.05, 0.1) is 6.42 Å². The molecule has 0 aliphatic heterocycles. The molecule has 5 rings (SSSR count). The van der Waals surface area contributed by atoms with E-state index < -0.39 is 5.97 Å². The van der Waals surface area contributed by atoms with Crippen LogP contribution in [0.25, 0.3) is 22.0 Å². The van der Waals surface area contributed by atoms with E-state index in [2.05, 4.69) is 47.0 Å². The van der Waals surface area contributed by atoms with Crippen molar-refractivity contribution < 1.29 is 14.6 Å². The van der Waals surface area contributed by atoms with E-state index in [1.807, 2.05) is 67.6 Å². The number of hydrogen-bond donors (Lipinski definition) is 1. The van der Waals surface area contributed by atoms with Crippen LogP contribution in [0.5, 0.6) is 5.75 Å². The topological polar surface area (TPSA) is 51.5 Å². The second kappa shape index (κ2) is 9.90. The van der Waals surface area contributed by atoms with Crippen LogP contribution in [-0.4, -0.2) is 15.6 Å². The molecule has 0 saturated heterocycles. The van der Waals surface area contributed by atoms with Crippen LogP contribution in [0.15, 0.2) is 103 Å². The second-order valence-electron chi connectivity index (χ2n) is 8.74. The normalized spacial score (nSPS) is 11.0. The molecule has 0 amide bonds. The minimum absolute atomic E-state index is 0.00615. The van der Waals surface area contributed by atoms with Gasteiger partial charge in [0.25, 0.3) is 0 Å². The van der Waals surface area contributed by atoms with Crippen LogP contribution >= 0.6 is 0 Å². The molecule has 0 fully saturated rings. The van der Waals surface area contributed by atoms with Crippen LogP contribution in [-0.2, 0) is 24.4 Å². The van der Waals surface area contributed by atoms with Gasteiger partial charge in [-0.25, -0.2) is 0 Å². The molecular formula is C31H27NO3. The number of benzene rings is 4. The molecule has 4 nitrogen and oxygen atoms in total. The Morgan fingerprint density at radius 3 is 2.26 bits per heavy atom. The highest BCUT2D eigenvalue weighted by molar-refractivity contribution is 5.92. The SMILES string of the molecule is Cc1c(CC(=O)O)c2cc(-c3ccccc3)ccc2n1Cc1cccc(OCc2ccccc2)c1. The summed E-state index contributed by atoms with van der Waals surface area (Å²) in [7, 11) is 0. The zero-order valence-corrected chi connectivity index (χ0v) is 19.6. The molecule has 0 atom stereocenters. The van der Waals surface area contributed by atoms with Crippen molar-refractivity contribution >= 4 is 16.9 Å². The van der Waals surface area contributed by atoms with Crippen molar-refractivity contribution in [2.45, 2.75) is 26.5 Å². The molecule has 35 heavy (non-hydrogen) atoms.